The summed E-state index contributed by atoms with van der Waals surface area (Å²) < 4.78 is 6.27. The van der Waals surface area contributed by atoms with Crippen LogP contribution in [-0.4, -0.2) is 19.3 Å². The first-order valence-electron chi connectivity index (χ1n) is 8.52. The summed E-state index contributed by atoms with van der Waals surface area (Å²) in [7, 11) is 2.12. The van der Waals surface area contributed by atoms with E-state index in [2.05, 4.69) is 32.3 Å². The highest BCUT2D eigenvalue weighted by molar-refractivity contribution is 7.12. The average Bonchev–Trinajstić information content (AvgIpc) is 2.80. The zero-order chi connectivity index (χ0) is 14.9. The van der Waals surface area contributed by atoms with E-state index in [4.69, 9.17) is 4.74 Å². The van der Waals surface area contributed by atoms with Gasteiger partial charge in [0.1, 0.15) is 0 Å². The fraction of sp³-hybridized carbons (Fsp3) is 0.778. The van der Waals surface area contributed by atoms with Crippen LogP contribution in [0.4, 0.5) is 0 Å². The first-order chi connectivity index (χ1) is 10.1. The van der Waals surface area contributed by atoms with Crippen molar-refractivity contribution < 1.29 is 4.74 Å². The molecule has 2 fully saturated rings. The molecule has 1 saturated carbocycles. The number of rotatable bonds is 3. The normalized spacial score (nSPS) is 26.9. The maximum atomic E-state index is 6.27. The van der Waals surface area contributed by atoms with E-state index >= 15 is 0 Å². The SMILES string of the molecule is CNC(c1cc(C)c(C)s1)C1CCOC2(CCCCC2)C1. The molecule has 3 rings (SSSR count). The highest BCUT2D eigenvalue weighted by atomic mass is 32.1. The third kappa shape index (κ3) is 3.20. The van der Waals surface area contributed by atoms with Crippen molar-refractivity contribution in [2.24, 2.45) is 5.92 Å². The lowest BCUT2D eigenvalue weighted by Crippen LogP contribution is -2.44. The molecule has 1 spiro atoms. The topological polar surface area (TPSA) is 21.3 Å². The van der Waals surface area contributed by atoms with Crippen molar-refractivity contribution in [1.29, 1.82) is 0 Å². The van der Waals surface area contributed by atoms with E-state index in [-0.39, 0.29) is 5.60 Å². The maximum Gasteiger partial charge on any atom is 0.0686 e. The monoisotopic (exact) mass is 307 g/mol. The molecule has 1 aromatic heterocycles. The summed E-state index contributed by atoms with van der Waals surface area (Å²) in [5.74, 6) is 0.722. The lowest BCUT2D eigenvalue weighted by atomic mass is 9.74. The van der Waals surface area contributed by atoms with Crippen molar-refractivity contribution in [2.75, 3.05) is 13.7 Å². The van der Waals surface area contributed by atoms with Gasteiger partial charge in [-0.2, -0.15) is 0 Å². The summed E-state index contributed by atoms with van der Waals surface area (Å²) in [6.07, 6.45) is 9.11. The lowest BCUT2D eigenvalue weighted by Gasteiger charge is -2.45. The Morgan fingerprint density at radius 2 is 2.05 bits per heavy atom. The van der Waals surface area contributed by atoms with Gasteiger partial charge in [0.05, 0.1) is 5.60 Å². The number of ether oxygens (including phenoxy) is 1. The Labute approximate surface area is 133 Å². The van der Waals surface area contributed by atoms with Crippen LogP contribution in [0.2, 0.25) is 0 Å². The quantitative estimate of drug-likeness (QED) is 0.869. The Morgan fingerprint density at radius 3 is 2.67 bits per heavy atom. The van der Waals surface area contributed by atoms with E-state index in [0.717, 1.165) is 12.5 Å². The van der Waals surface area contributed by atoms with Crippen LogP contribution in [0.3, 0.4) is 0 Å². The Bertz CT molecular complexity index is 451. The van der Waals surface area contributed by atoms with Gasteiger partial charge in [-0.1, -0.05) is 19.3 Å². The molecule has 1 aromatic rings. The summed E-state index contributed by atoms with van der Waals surface area (Å²) in [6, 6.07) is 2.90. The Hall–Kier alpha value is -0.380. The number of hydrogen-bond donors (Lipinski definition) is 1. The third-order valence-electron chi connectivity index (χ3n) is 5.57. The number of aryl methyl sites for hydroxylation is 2. The van der Waals surface area contributed by atoms with Gasteiger partial charge in [-0.15, -0.1) is 11.3 Å². The second kappa shape index (κ2) is 6.39. The molecule has 1 aliphatic heterocycles. The van der Waals surface area contributed by atoms with Gasteiger partial charge >= 0.3 is 0 Å². The van der Waals surface area contributed by atoms with Crippen LogP contribution < -0.4 is 5.32 Å². The molecule has 0 aromatic carbocycles. The molecule has 0 radical (unpaired) electrons. The maximum absolute atomic E-state index is 6.27. The highest BCUT2D eigenvalue weighted by Crippen LogP contribution is 2.45. The van der Waals surface area contributed by atoms with Gasteiger partial charge in [0, 0.05) is 22.4 Å². The Kier molecular flexibility index (Phi) is 4.72. The minimum absolute atomic E-state index is 0.206. The van der Waals surface area contributed by atoms with Gasteiger partial charge < -0.3 is 10.1 Å². The van der Waals surface area contributed by atoms with E-state index < -0.39 is 0 Å². The average molecular weight is 308 g/mol. The van der Waals surface area contributed by atoms with Crippen LogP contribution in [0.1, 0.15) is 66.3 Å². The van der Waals surface area contributed by atoms with Crippen LogP contribution in [0.5, 0.6) is 0 Å². The number of nitrogens with one attached hydrogen (secondary N) is 1. The first-order valence-corrected chi connectivity index (χ1v) is 9.33. The van der Waals surface area contributed by atoms with Crippen molar-refractivity contribution in [3.63, 3.8) is 0 Å². The van der Waals surface area contributed by atoms with Gasteiger partial charge in [0.15, 0.2) is 0 Å². The predicted molar refractivity (Wildman–Crippen MR) is 90.1 cm³/mol. The summed E-state index contributed by atoms with van der Waals surface area (Å²) in [4.78, 5) is 2.98. The molecule has 2 unspecified atom stereocenters. The van der Waals surface area contributed by atoms with Gasteiger partial charge in [-0.3, -0.25) is 0 Å². The summed E-state index contributed by atoms with van der Waals surface area (Å²) in [5.41, 5.74) is 1.65. The van der Waals surface area contributed by atoms with Gasteiger partial charge in [0.2, 0.25) is 0 Å². The molecule has 2 aliphatic rings. The van der Waals surface area contributed by atoms with Crippen molar-refractivity contribution in [3.05, 3.63) is 21.4 Å². The molecule has 118 valence electrons. The molecule has 3 heteroatoms. The fourth-order valence-corrected chi connectivity index (χ4v) is 5.51. The van der Waals surface area contributed by atoms with E-state index in [1.807, 2.05) is 11.3 Å². The predicted octanol–water partition coefficient (Wildman–Crippen LogP) is 4.75. The highest BCUT2D eigenvalue weighted by Gasteiger charge is 2.41. The van der Waals surface area contributed by atoms with Crippen LogP contribution in [-0.2, 0) is 4.74 Å². The first kappa shape index (κ1) is 15.5. The van der Waals surface area contributed by atoms with E-state index in [1.54, 1.807) is 0 Å². The molecule has 2 nitrogen and oxygen atoms in total. The Balaban J connectivity index is 1.77. The van der Waals surface area contributed by atoms with Crippen molar-refractivity contribution >= 4 is 11.3 Å². The zero-order valence-electron chi connectivity index (χ0n) is 13.7. The van der Waals surface area contributed by atoms with Gasteiger partial charge in [0.25, 0.3) is 0 Å². The fourth-order valence-electron chi connectivity index (χ4n) is 4.26. The van der Waals surface area contributed by atoms with E-state index in [0.29, 0.717) is 6.04 Å². The molecule has 1 aliphatic carbocycles. The standard InChI is InChI=1S/C18H29NOS/c1-13-11-16(21-14(13)2)17(19-3)15-7-10-20-18(12-15)8-5-4-6-9-18/h11,15,17,19H,4-10,12H2,1-3H3. The smallest absolute Gasteiger partial charge is 0.0686 e. The molecule has 0 bridgehead atoms. The van der Waals surface area contributed by atoms with Crippen LogP contribution in [0, 0.1) is 19.8 Å². The molecular weight excluding hydrogens is 278 g/mol. The third-order valence-corrected chi connectivity index (χ3v) is 6.81. The van der Waals surface area contributed by atoms with Crippen LogP contribution >= 0.6 is 11.3 Å². The molecule has 2 heterocycles. The summed E-state index contributed by atoms with van der Waals surface area (Å²) in [6.45, 7) is 5.42. The van der Waals surface area contributed by atoms with Crippen LogP contribution in [0.25, 0.3) is 0 Å². The summed E-state index contributed by atoms with van der Waals surface area (Å²) >= 11 is 1.97. The summed E-state index contributed by atoms with van der Waals surface area (Å²) in [5, 5.41) is 3.61. The largest absolute Gasteiger partial charge is 0.375 e. The minimum Gasteiger partial charge on any atom is -0.375 e. The molecule has 2 atom stereocenters. The van der Waals surface area contributed by atoms with Crippen molar-refractivity contribution in [1.82, 2.24) is 5.32 Å². The van der Waals surface area contributed by atoms with Crippen molar-refractivity contribution in [3.8, 4) is 0 Å². The lowest BCUT2D eigenvalue weighted by molar-refractivity contribution is -0.121. The van der Waals surface area contributed by atoms with Crippen LogP contribution in [0.15, 0.2) is 6.07 Å². The number of thiophene rings is 1. The minimum atomic E-state index is 0.206. The molecule has 0 amide bonds. The molecular formula is C18H29NOS. The second-order valence-corrected chi connectivity index (χ2v) is 8.29. The molecule has 1 N–H and O–H groups in total. The number of hydrogen-bond acceptors (Lipinski definition) is 3. The van der Waals surface area contributed by atoms with Gasteiger partial charge in [-0.05, 0) is 64.1 Å². The van der Waals surface area contributed by atoms with Gasteiger partial charge in [-0.25, -0.2) is 0 Å². The molecule has 1 saturated heterocycles. The molecule has 21 heavy (non-hydrogen) atoms. The second-order valence-electron chi connectivity index (χ2n) is 7.00. The van der Waals surface area contributed by atoms with Crippen molar-refractivity contribution in [2.45, 2.75) is 70.4 Å². The Morgan fingerprint density at radius 1 is 1.29 bits per heavy atom. The zero-order valence-corrected chi connectivity index (χ0v) is 14.5. The van der Waals surface area contributed by atoms with E-state index in [9.17, 15) is 0 Å². The van der Waals surface area contributed by atoms with E-state index in [1.165, 1.54) is 60.3 Å².